The van der Waals surface area contributed by atoms with Crippen LogP contribution in [0.25, 0.3) is 0 Å². The molecule has 1 fully saturated rings. The van der Waals surface area contributed by atoms with Gasteiger partial charge in [-0.1, -0.05) is 37.5 Å². The number of nitrogens with zero attached hydrogens (tertiary/aromatic N) is 1. The van der Waals surface area contributed by atoms with Gasteiger partial charge < -0.3 is 5.73 Å². The molecule has 1 saturated carbocycles. The van der Waals surface area contributed by atoms with Crippen molar-refractivity contribution in [3.8, 4) is 0 Å². The molecule has 106 valence electrons. The molecule has 0 saturated heterocycles. The molecule has 1 atom stereocenters. The average Bonchev–Trinajstić information content (AvgIpc) is 2.92. The molecule has 1 unspecified atom stereocenters. The van der Waals surface area contributed by atoms with Crippen LogP contribution < -0.4 is 5.73 Å². The number of hydrogen-bond acceptors (Lipinski definition) is 2. The lowest BCUT2D eigenvalue weighted by Crippen LogP contribution is -2.40. The van der Waals surface area contributed by atoms with Gasteiger partial charge in [-0.25, -0.2) is 4.39 Å². The first-order valence-electron chi connectivity index (χ1n) is 7.39. The maximum atomic E-state index is 14.1. The fourth-order valence-electron chi connectivity index (χ4n) is 3.33. The topological polar surface area (TPSA) is 29.3 Å². The molecule has 0 aromatic heterocycles. The molecule has 0 radical (unpaired) electrons. The summed E-state index contributed by atoms with van der Waals surface area (Å²) in [6.07, 6.45) is 5.01. The standard InChI is InChI=1S/C16H25FN2/c1-3-19(13-6-4-5-7-13)16(11-18)14-10-12(2)8-9-15(14)17/h8-10,13,16H,3-7,11,18H2,1-2H3. The lowest BCUT2D eigenvalue weighted by atomic mass is 10.00. The third-order valence-corrected chi connectivity index (χ3v) is 4.29. The zero-order chi connectivity index (χ0) is 13.8. The third kappa shape index (κ3) is 3.15. The fourth-order valence-corrected chi connectivity index (χ4v) is 3.33. The van der Waals surface area contributed by atoms with Crippen LogP contribution >= 0.6 is 0 Å². The van der Waals surface area contributed by atoms with Crippen LogP contribution in [0.3, 0.4) is 0 Å². The van der Waals surface area contributed by atoms with Crippen LogP contribution in [0, 0.1) is 12.7 Å². The highest BCUT2D eigenvalue weighted by Gasteiger charge is 2.29. The van der Waals surface area contributed by atoms with E-state index in [4.69, 9.17) is 5.73 Å². The van der Waals surface area contributed by atoms with Gasteiger partial charge in [-0.3, -0.25) is 4.90 Å². The van der Waals surface area contributed by atoms with E-state index in [0.717, 1.165) is 17.7 Å². The number of nitrogens with two attached hydrogens (primary N) is 1. The highest BCUT2D eigenvalue weighted by molar-refractivity contribution is 5.27. The summed E-state index contributed by atoms with van der Waals surface area (Å²) >= 11 is 0. The lowest BCUT2D eigenvalue weighted by Gasteiger charge is -2.35. The van der Waals surface area contributed by atoms with Crippen molar-refractivity contribution in [1.82, 2.24) is 4.90 Å². The molecule has 0 aliphatic heterocycles. The molecule has 0 amide bonds. The summed E-state index contributed by atoms with van der Waals surface area (Å²) in [5.74, 6) is -0.127. The summed E-state index contributed by atoms with van der Waals surface area (Å²) in [6, 6.07) is 5.91. The summed E-state index contributed by atoms with van der Waals surface area (Å²) < 4.78 is 14.1. The number of benzene rings is 1. The number of likely N-dealkylation sites (N-methyl/N-ethyl adjacent to an activating group) is 1. The minimum absolute atomic E-state index is 0.00741. The van der Waals surface area contributed by atoms with Crippen molar-refractivity contribution in [3.05, 3.63) is 35.1 Å². The Kier molecular flexibility index (Phi) is 4.94. The van der Waals surface area contributed by atoms with E-state index >= 15 is 0 Å². The zero-order valence-corrected chi connectivity index (χ0v) is 12.0. The molecule has 3 heteroatoms. The first-order valence-corrected chi connectivity index (χ1v) is 7.39. The van der Waals surface area contributed by atoms with Crippen molar-refractivity contribution in [1.29, 1.82) is 0 Å². The van der Waals surface area contributed by atoms with E-state index in [0.29, 0.717) is 12.6 Å². The molecule has 1 aliphatic rings. The second kappa shape index (κ2) is 6.49. The fraction of sp³-hybridized carbons (Fsp3) is 0.625. The van der Waals surface area contributed by atoms with E-state index in [1.165, 1.54) is 25.7 Å². The Hall–Kier alpha value is -0.930. The normalized spacial score (nSPS) is 18.2. The van der Waals surface area contributed by atoms with Gasteiger partial charge in [0.15, 0.2) is 0 Å². The number of rotatable bonds is 5. The van der Waals surface area contributed by atoms with E-state index in [-0.39, 0.29) is 11.9 Å². The minimum atomic E-state index is -0.127. The SMILES string of the molecule is CCN(C1CCCC1)C(CN)c1cc(C)ccc1F. The predicted molar refractivity (Wildman–Crippen MR) is 77.6 cm³/mol. The van der Waals surface area contributed by atoms with Gasteiger partial charge in [0.1, 0.15) is 5.82 Å². The van der Waals surface area contributed by atoms with Crippen molar-refractivity contribution in [3.63, 3.8) is 0 Å². The molecular weight excluding hydrogens is 239 g/mol. The summed E-state index contributed by atoms with van der Waals surface area (Å²) in [5.41, 5.74) is 7.81. The van der Waals surface area contributed by atoms with Crippen LogP contribution in [-0.4, -0.2) is 24.0 Å². The van der Waals surface area contributed by atoms with Crippen molar-refractivity contribution < 1.29 is 4.39 Å². The second-order valence-corrected chi connectivity index (χ2v) is 5.55. The quantitative estimate of drug-likeness (QED) is 0.883. The predicted octanol–water partition coefficient (Wildman–Crippen LogP) is 3.40. The molecule has 1 aromatic carbocycles. The molecule has 2 N–H and O–H groups in total. The molecule has 19 heavy (non-hydrogen) atoms. The van der Waals surface area contributed by atoms with Crippen LogP contribution in [-0.2, 0) is 0 Å². The maximum absolute atomic E-state index is 14.1. The van der Waals surface area contributed by atoms with Gasteiger partial charge >= 0.3 is 0 Å². The summed E-state index contributed by atoms with van der Waals surface area (Å²) in [7, 11) is 0. The summed E-state index contributed by atoms with van der Waals surface area (Å²) in [4.78, 5) is 2.39. The number of hydrogen-bond donors (Lipinski definition) is 1. The largest absolute Gasteiger partial charge is 0.329 e. The molecule has 0 heterocycles. The smallest absolute Gasteiger partial charge is 0.128 e. The Bertz CT molecular complexity index is 413. The van der Waals surface area contributed by atoms with Crippen LogP contribution in [0.5, 0.6) is 0 Å². The third-order valence-electron chi connectivity index (χ3n) is 4.29. The molecule has 1 aliphatic carbocycles. The number of halogens is 1. The lowest BCUT2D eigenvalue weighted by molar-refractivity contribution is 0.144. The maximum Gasteiger partial charge on any atom is 0.128 e. The molecule has 0 bridgehead atoms. The van der Waals surface area contributed by atoms with E-state index in [1.807, 2.05) is 19.1 Å². The van der Waals surface area contributed by atoms with E-state index in [1.54, 1.807) is 6.07 Å². The first kappa shape index (κ1) is 14.5. The summed E-state index contributed by atoms with van der Waals surface area (Å²) in [6.45, 7) is 5.56. The monoisotopic (exact) mass is 264 g/mol. The Morgan fingerprint density at radius 3 is 2.63 bits per heavy atom. The molecule has 0 spiro atoms. The molecule has 2 rings (SSSR count). The average molecular weight is 264 g/mol. The molecule has 2 nitrogen and oxygen atoms in total. The first-order chi connectivity index (χ1) is 9.17. The molecular formula is C16H25FN2. The van der Waals surface area contributed by atoms with Crippen LogP contribution in [0.2, 0.25) is 0 Å². The Labute approximate surface area is 115 Å². The van der Waals surface area contributed by atoms with Gasteiger partial charge in [-0.15, -0.1) is 0 Å². The van der Waals surface area contributed by atoms with Crippen molar-refractivity contribution in [2.45, 2.75) is 51.6 Å². The van der Waals surface area contributed by atoms with Gasteiger partial charge in [0.25, 0.3) is 0 Å². The highest BCUT2D eigenvalue weighted by Crippen LogP contribution is 2.31. The van der Waals surface area contributed by atoms with Gasteiger partial charge in [-0.05, 0) is 32.4 Å². The van der Waals surface area contributed by atoms with Crippen LogP contribution in [0.4, 0.5) is 4.39 Å². The van der Waals surface area contributed by atoms with Gasteiger partial charge in [0, 0.05) is 18.2 Å². The van der Waals surface area contributed by atoms with E-state index in [2.05, 4.69) is 11.8 Å². The molecule has 1 aromatic rings. The van der Waals surface area contributed by atoms with Crippen molar-refractivity contribution >= 4 is 0 Å². The van der Waals surface area contributed by atoms with Crippen LogP contribution in [0.1, 0.15) is 49.8 Å². The van der Waals surface area contributed by atoms with Gasteiger partial charge in [-0.2, -0.15) is 0 Å². The number of aryl methyl sites for hydroxylation is 1. The Balaban J connectivity index is 2.28. The van der Waals surface area contributed by atoms with Gasteiger partial charge in [0.2, 0.25) is 0 Å². The zero-order valence-electron chi connectivity index (χ0n) is 12.0. The Morgan fingerprint density at radius 1 is 1.37 bits per heavy atom. The van der Waals surface area contributed by atoms with E-state index in [9.17, 15) is 4.39 Å². The second-order valence-electron chi connectivity index (χ2n) is 5.55. The van der Waals surface area contributed by atoms with E-state index < -0.39 is 0 Å². The van der Waals surface area contributed by atoms with Crippen molar-refractivity contribution in [2.75, 3.05) is 13.1 Å². The van der Waals surface area contributed by atoms with Gasteiger partial charge in [0.05, 0.1) is 6.04 Å². The minimum Gasteiger partial charge on any atom is -0.329 e. The van der Waals surface area contributed by atoms with Crippen LogP contribution in [0.15, 0.2) is 18.2 Å². The Morgan fingerprint density at radius 2 is 2.05 bits per heavy atom. The highest BCUT2D eigenvalue weighted by atomic mass is 19.1. The van der Waals surface area contributed by atoms with Crippen molar-refractivity contribution in [2.24, 2.45) is 5.73 Å². The summed E-state index contributed by atoms with van der Waals surface area (Å²) in [5, 5.41) is 0.